The molecule has 2 atom stereocenters. The van der Waals surface area contributed by atoms with Gasteiger partial charge in [0.05, 0.1) is 0 Å². The van der Waals surface area contributed by atoms with Crippen molar-refractivity contribution in [3.63, 3.8) is 0 Å². The molecule has 2 saturated heterocycles. The van der Waals surface area contributed by atoms with E-state index >= 15 is 0 Å². The van der Waals surface area contributed by atoms with Crippen molar-refractivity contribution in [1.82, 2.24) is 9.88 Å². The van der Waals surface area contributed by atoms with Crippen LogP contribution in [0.15, 0.2) is 18.3 Å². The number of ether oxygens (including phenoxy) is 2. The van der Waals surface area contributed by atoms with Gasteiger partial charge in [0, 0.05) is 58.0 Å². The molecule has 1 aromatic rings. The number of primary amides is 1. The van der Waals surface area contributed by atoms with E-state index in [9.17, 15) is 4.79 Å². The van der Waals surface area contributed by atoms with Crippen LogP contribution in [0.1, 0.15) is 48.2 Å². The first-order valence-corrected chi connectivity index (χ1v) is 10.2. The van der Waals surface area contributed by atoms with E-state index in [4.69, 9.17) is 15.2 Å². The lowest BCUT2D eigenvalue weighted by molar-refractivity contribution is -0.171. The van der Waals surface area contributed by atoms with E-state index in [0.717, 1.165) is 50.6 Å². The molecule has 4 rings (SSSR count). The number of hydrogen-bond acceptors (Lipinski definition) is 5. The Morgan fingerprint density at radius 1 is 1.29 bits per heavy atom. The average Bonchev–Trinajstić information content (AvgIpc) is 2.68. The minimum Gasteiger partial charge on any atom is -0.381 e. The number of pyridine rings is 1. The highest BCUT2D eigenvalue weighted by Crippen LogP contribution is 2.51. The first kappa shape index (κ1) is 21.5. The highest BCUT2D eigenvalue weighted by Gasteiger charge is 2.53. The summed E-state index contributed by atoms with van der Waals surface area (Å²) in [6.07, 6.45) is 7.60. The molecular formula is C21H32ClN3O3. The van der Waals surface area contributed by atoms with Crippen molar-refractivity contribution < 1.29 is 14.3 Å². The molecule has 1 amide bonds. The standard InChI is InChI=1S/C21H31N3O3.ClH/c1-26-21(16-5-8-23-19(11-16)20(22)25)17-3-2-4-18(21)14-24(13-17)12-15-6-9-27-10-7-15;/h5,8,11,15,17-18H,2-4,6-7,9-10,12-14H2,1H3,(H2,22,25);1H. The van der Waals surface area contributed by atoms with E-state index in [1.165, 1.54) is 25.8 Å². The highest BCUT2D eigenvalue weighted by molar-refractivity contribution is 5.90. The SMILES string of the molecule is COC1(c2ccnc(C(N)=O)c2)C2CCCC1CN(CC1CCOCC1)C2.Cl. The number of methoxy groups -OCH3 is 1. The van der Waals surface area contributed by atoms with Crippen molar-refractivity contribution >= 4 is 18.3 Å². The fraction of sp³-hybridized carbons (Fsp3) is 0.714. The number of likely N-dealkylation sites (tertiary alicyclic amines) is 1. The van der Waals surface area contributed by atoms with Crippen molar-refractivity contribution in [2.45, 2.75) is 37.7 Å². The van der Waals surface area contributed by atoms with Gasteiger partial charge in [-0.15, -0.1) is 12.4 Å². The van der Waals surface area contributed by atoms with Crippen molar-refractivity contribution in [2.75, 3.05) is 40.0 Å². The van der Waals surface area contributed by atoms with E-state index in [1.807, 2.05) is 19.2 Å². The quantitative estimate of drug-likeness (QED) is 0.808. The maximum atomic E-state index is 11.6. The molecule has 2 aliphatic heterocycles. The van der Waals surface area contributed by atoms with Gasteiger partial charge in [-0.2, -0.15) is 0 Å². The Balaban J connectivity index is 0.00000225. The van der Waals surface area contributed by atoms with Crippen LogP contribution in [0, 0.1) is 17.8 Å². The Morgan fingerprint density at radius 2 is 1.96 bits per heavy atom. The first-order chi connectivity index (χ1) is 13.1. The van der Waals surface area contributed by atoms with Crippen LogP contribution < -0.4 is 5.73 Å². The van der Waals surface area contributed by atoms with Gasteiger partial charge in [-0.1, -0.05) is 6.42 Å². The summed E-state index contributed by atoms with van der Waals surface area (Å²) in [6, 6.07) is 3.86. The van der Waals surface area contributed by atoms with Crippen molar-refractivity contribution in [3.8, 4) is 0 Å². The number of aromatic nitrogens is 1. The van der Waals surface area contributed by atoms with Crippen molar-refractivity contribution in [2.24, 2.45) is 23.5 Å². The van der Waals surface area contributed by atoms with Gasteiger partial charge in [0.25, 0.3) is 5.91 Å². The van der Waals surface area contributed by atoms with Crippen LogP contribution in [0.4, 0.5) is 0 Å². The van der Waals surface area contributed by atoms with Gasteiger partial charge < -0.3 is 20.1 Å². The van der Waals surface area contributed by atoms with Crippen LogP contribution in [0.25, 0.3) is 0 Å². The van der Waals surface area contributed by atoms with Crippen LogP contribution in [0.2, 0.25) is 0 Å². The topological polar surface area (TPSA) is 77.7 Å². The maximum Gasteiger partial charge on any atom is 0.267 e. The summed E-state index contributed by atoms with van der Waals surface area (Å²) in [5.41, 5.74) is 6.53. The van der Waals surface area contributed by atoms with E-state index < -0.39 is 5.91 Å². The summed E-state index contributed by atoms with van der Waals surface area (Å²) < 4.78 is 11.8. The predicted octanol–water partition coefficient (Wildman–Crippen LogP) is 2.60. The second kappa shape index (κ2) is 9.08. The lowest BCUT2D eigenvalue weighted by atomic mass is 9.62. The summed E-state index contributed by atoms with van der Waals surface area (Å²) in [7, 11) is 1.82. The molecule has 7 heteroatoms. The summed E-state index contributed by atoms with van der Waals surface area (Å²) in [5.74, 6) is 1.12. The van der Waals surface area contributed by atoms with Crippen LogP contribution in [-0.4, -0.2) is 55.7 Å². The van der Waals surface area contributed by atoms with Gasteiger partial charge in [0.1, 0.15) is 11.3 Å². The second-order valence-corrected chi connectivity index (χ2v) is 8.39. The number of hydrogen-bond donors (Lipinski definition) is 1. The number of nitrogens with zero attached hydrogens (tertiary/aromatic N) is 2. The van der Waals surface area contributed by atoms with E-state index in [2.05, 4.69) is 9.88 Å². The van der Waals surface area contributed by atoms with E-state index in [1.54, 1.807) is 6.20 Å². The summed E-state index contributed by atoms with van der Waals surface area (Å²) >= 11 is 0. The van der Waals surface area contributed by atoms with Crippen molar-refractivity contribution in [1.29, 1.82) is 0 Å². The minimum atomic E-state index is -0.481. The minimum absolute atomic E-state index is 0. The molecule has 156 valence electrons. The molecular weight excluding hydrogens is 378 g/mol. The molecule has 3 aliphatic rings. The lowest BCUT2D eigenvalue weighted by Gasteiger charge is -2.56. The average molecular weight is 410 g/mol. The molecule has 1 aromatic heterocycles. The number of halogens is 1. The van der Waals surface area contributed by atoms with E-state index in [-0.39, 0.29) is 18.0 Å². The third kappa shape index (κ3) is 3.92. The number of nitrogens with two attached hydrogens (primary N) is 1. The van der Waals surface area contributed by atoms with Gasteiger partial charge >= 0.3 is 0 Å². The fourth-order valence-electron chi connectivity index (χ4n) is 5.70. The number of rotatable bonds is 5. The Morgan fingerprint density at radius 3 is 2.57 bits per heavy atom. The van der Waals surface area contributed by atoms with E-state index in [0.29, 0.717) is 17.5 Å². The Bertz CT molecular complexity index is 667. The molecule has 1 aliphatic carbocycles. The van der Waals surface area contributed by atoms with Crippen LogP contribution in [0.3, 0.4) is 0 Å². The number of carbonyl (C=O) groups excluding carboxylic acids is 1. The number of amides is 1. The smallest absolute Gasteiger partial charge is 0.267 e. The molecule has 6 nitrogen and oxygen atoms in total. The molecule has 2 bridgehead atoms. The summed E-state index contributed by atoms with van der Waals surface area (Å²) in [4.78, 5) is 18.4. The van der Waals surface area contributed by atoms with Crippen molar-refractivity contribution in [3.05, 3.63) is 29.6 Å². The molecule has 2 unspecified atom stereocenters. The van der Waals surface area contributed by atoms with Gasteiger partial charge in [-0.3, -0.25) is 9.78 Å². The summed E-state index contributed by atoms with van der Waals surface area (Å²) in [6.45, 7) is 5.07. The first-order valence-electron chi connectivity index (χ1n) is 10.2. The van der Waals surface area contributed by atoms with Gasteiger partial charge in [-0.25, -0.2) is 0 Å². The largest absolute Gasteiger partial charge is 0.381 e. The third-order valence-electron chi connectivity index (χ3n) is 6.93. The number of piperidine rings is 1. The molecule has 28 heavy (non-hydrogen) atoms. The normalized spacial score (nSPS) is 31.2. The second-order valence-electron chi connectivity index (χ2n) is 8.39. The Kier molecular flexibility index (Phi) is 6.97. The highest BCUT2D eigenvalue weighted by atomic mass is 35.5. The molecule has 3 fully saturated rings. The lowest BCUT2D eigenvalue weighted by Crippen LogP contribution is -2.59. The molecule has 0 spiro atoms. The zero-order chi connectivity index (χ0) is 18.9. The van der Waals surface area contributed by atoms with Gasteiger partial charge in [0.15, 0.2) is 0 Å². The third-order valence-corrected chi connectivity index (χ3v) is 6.93. The predicted molar refractivity (Wildman–Crippen MR) is 110 cm³/mol. The summed E-state index contributed by atoms with van der Waals surface area (Å²) in [5, 5.41) is 0. The fourth-order valence-corrected chi connectivity index (χ4v) is 5.70. The van der Waals surface area contributed by atoms with Crippen LogP contribution in [-0.2, 0) is 15.1 Å². The number of carbonyl (C=O) groups is 1. The number of fused-ring (bicyclic) bond motifs is 2. The zero-order valence-electron chi connectivity index (χ0n) is 16.6. The Hall–Kier alpha value is -1.21. The molecule has 2 N–H and O–H groups in total. The van der Waals surface area contributed by atoms with Gasteiger partial charge in [-0.05, 0) is 49.3 Å². The van der Waals surface area contributed by atoms with Crippen LogP contribution >= 0.6 is 12.4 Å². The van der Waals surface area contributed by atoms with Crippen LogP contribution in [0.5, 0.6) is 0 Å². The monoisotopic (exact) mass is 409 g/mol. The molecule has 0 radical (unpaired) electrons. The molecule has 3 heterocycles. The maximum absolute atomic E-state index is 11.6. The van der Waals surface area contributed by atoms with Gasteiger partial charge in [0.2, 0.25) is 0 Å². The molecule has 1 saturated carbocycles. The zero-order valence-corrected chi connectivity index (χ0v) is 17.5. The Labute approximate surface area is 173 Å². The molecule has 0 aromatic carbocycles.